The summed E-state index contributed by atoms with van der Waals surface area (Å²) in [5, 5.41) is 0. The van der Waals surface area contributed by atoms with Crippen LogP contribution in [0.4, 0.5) is 0 Å². The van der Waals surface area contributed by atoms with Crippen molar-refractivity contribution < 1.29 is 9.53 Å². The van der Waals surface area contributed by atoms with E-state index in [9.17, 15) is 4.79 Å². The molecule has 1 amide bonds. The number of hydrogen-bond acceptors (Lipinski definition) is 3. The highest BCUT2D eigenvalue weighted by atomic mass is 16.5. The highest BCUT2D eigenvalue weighted by Crippen LogP contribution is 2.34. The van der Waals surface area contributed by atoms with Gasteiger partial charge in [0.15, 0.2) is 0 Å². The Balaban J connectivity index is 1.66. The Bertz CT molecular complexity index is 511. The maximum Gasteiger partial charge on any atom is 0.230 e. The Morgan fingerprint density at radius 3 is 2.61 bits per heavy atom. The van der Waals surface area contributed by atoms with Crippen LogP contribution in [0.25, 0.3) is 0 Å². The van der Waals surface area contributed by atoms with Crippen LogP contribution in [0.1, 0.15) is 43.6 Å². The zero-order valence-electron chi connectivity index (χ0n) is 13.9. The maximum atomic E-state index is 13.1. The average molecular weight is 316 g/mol. The van der Waals surface area contributed by atoms with Gasteiger partial charge in [-0.05, 0) is 43.6 Å². The minimum atomic E-state index is -0.384. The molecule has 23 heavy (non-hydrogen) atoms. The predicted molar refractivity (Wildman–Crippen MR) is 91.2 cm³/mol. The van der Waals surface area contributed by atoms with Gasteiger partial charge in [0.25, 0.3) is 0 Å². The number of hydrogen-bond donors (Lipinski definition) is 1. The van der Waals surface area contributed by atoms with Gasteiger partial charge in [-0.1, -0.05) is 30.3 Å². The second-order valence-electron chi connectivity index (χ2n) is 6.93. The lowest BCUT2D eigenvalue weighted by molar-refractivity contribution is -0.147. The third-order valence-corrected chi connectivity index (χ3v) is 5.58. The number of ether oxygens (including phenoxy) is 1. The van der Waals surface area contributed by atoms with Crippen molar-refractivity contribution >= 4 is 5.91 Å². The molecule has 126 valence electrons. The van der Waals surface area contributed by atoms with Crippen molar-refractivity contribution in [2.24, 2.45) is 11.1 Å². The molecule has 0 aromatic heterocycles. The van der Waals surface area contributed by atoms with Gasteiger partial charge < -0.3 is 15.4 Å². The van der Waals surface area contributed by atoms with Crippen LogP contribution in [0.15, 0.2) is 30.3 Å². The summed E-state index contributed by atoms with van der Waals surface area (Å²) in [7, 11) is 0. The number of benzene rings is 1. The van der Waals surface area contributed by atoms with Crippen molar-refractivity contribution in [1.29, 1.82) is 0 Å². The largest absolute Gasteiger partial charge is 0.381 e. The van der Waals surface area contributed by atoms with Gasteiger partial charge >= 0.3 is 0 Å². The van der Waals surface area contributed by atoms with E-state index in [0.29, 0.717) is 25.7 Å². The number of nitrogens with two attached hydrogens (primary N) is 1. The van der Waals surface area contributed by atoms with Crippen LogP contribution < -0.4 is 5.73 Å². The zero-order valence-corrected chi connectivity index (χ0v) is 13.9. The fourth-order valence-electron chi connectivity index (χ4n) is 3.96. The molecule has 2 aliphatic heterocycles. The standard InChI is InChI=1S/C19H28N2O2/c20-15-19(9-13-23-14-10-19)18(22)21-11-4-7-17(8-12-21)16-5-2-1-3-6-16/h1-3,5-6,17H,4,7-15,20H2. The van der Waals surface area contributed by atoms with E-state index in [4.69, 9.17) is 10.5 Å². The first-order valence-electron chi connectivity index (χ1n) is 8.87. The van der Waals surface area contributed by atoms with Gasteiger partial charge in [-0.3, -0.25) is 4.79 Å². The Labute approximate surface area is 139 Å². The quantitative estimate of drug-likeness (QED) is 0.932. The number of nitrogens with zero attached hydrogens (tertiary/aromatic N) is 1. The van der Waals surface area contributed by atoms with E-state index in [-0.39, 0.29) is 11.3 Å². The molecule has 1 aromatic rings. The molecule has 1 atom stereocenters. The third-order valence-electron chi connectivity index (χ3n) is 5.58. The van der Waals surface area contributed by atoms with Crippen LogP contribution in [-0.2, 0) is 9.53 Å². The van der Waals surface area contributed by atoms with Crippen molar-refractivity contribution in [3.8, 4) is 0 Å². The first-order chi connectivity index (χ1) is 11.2. The molecule has 3 rings (SSSR count). The lowest BCUT2D eigenvalue weighted by atomic mass is 9.79. The molecule has 0 radical (unpaired) electrons. The summed E-state index contributed by atoms with van der Waals surface area (Å²) < 4.78 is 5.44. The van der Waals surface area contributed by atoms with Crippen molar-refractivity contribution in [2.75, 3.05) is 32.8 Å². The minimum Gasteiger partial charge on any atom is -0.381 e. The Hall–Kier alpha value is -1.39. The minimum absolute atomic E-state index is 0.261. The van der Waals surface area contributed by atoms with Crippen LogP contribution in [-0.4, -0.2) is 43.7 Å². The molecule has 0 saturated carbocycles. The SMILES string of the molecule is NCC1(C(=O)N2CCCC(c3ccccc3)CC2)CCOCC1. The van der Waals surface area contributed by atoms with E-state index >= 15 is 0 Å². The van der Waals surface area contributed by atoms with Crippen LogP contribution in [0, 0.1) is 5.41 Å². The molecular formula is C19H28N2O2. The topological polar surface area (TPSA) is 55.6 Å². The molecule has 0 spiro atoms. The monoisotopic (exact) mass is 316 g/mol. The first-order valence-corrected chi connectivity index (χ1v) is 8.87. The number of likely N-dealkylation sites (tertiary alicyclic amines) is 1. The molecule has 4 heteroatoms. The Kier molecular flexibility index (Phi) is 5.34. The van der Waals surface area contributed by atoms with Crippen molar-refractivity contribution in [3.63, 3.8) is 0 Å². The summed E-state index contributed by atoms with van der Waals surface area (Å²) in [6, 6.07) is 10.7. The summed E-state index contributed by atoms with van der Waals surface area (Å²) in [6.07, 6.45) is 4.81. The number of carbonyl (C=O) groups excluding carboxylic acids is 1. The van der Waals surface area contributed by atoms with Crippen molar-refractivity contribution in [3.05, 3.63) is 35.9 Å². The third kappa shape index (κ3) is 3.59. The first kappa shape index (κ1) is 16.5. The van der Waals surface area contributed by atoms with Gasteiger partial charge in [0.05, 0.1) is 5.41 Å². The predicted octanol–water partition coefficient (Wildman–Crippen LogP) is 2.54. The van der Waals surface area contributed by atoms with E-state index in [1.54, 1.807) is 0 Å². The number of amides is 1. The smallest absolute Gasteiger partial charge is 0.230 e. The summed E-state index contributed by atoms with van der Waals surface area (Å²) in [5.74, 6) is 0.828. The second kappa shape index (κ2) is 7.45. The van der Waals surface area contributed by atoms with Crippen LogP contribution in [0.2, 0.25) is 0 Å². The molecule has 0 aliphatic carbocycles. The summed E-state index contributed by atoms with van der Waals surface area (Å²) in [4.78, 5) is 15.2. The van der Waals surface area contributed by atoms with Gasteiger partial charge in [-0.25, -0.2) is 0 Å². The van der Waals surface area contributed by atoms with E-state index in [0.717, 1.165) is 45.2 Å². The number of rotatable bonds is 3. The maximum absolute atomic E-state index is 13.1. The fourth-order valence-corrected chi connectivity index (χ4v) is 3.96. The molecule has 2 saturated heterocycles. The molecule has 1 unspecified atom stereocenters. The molecule has 4 nitrogen and oxygen atoms in total. The summed E-state index contributed by atoms with van der Waals surface area (Å²) in [5.41, 5.74) is 7.02. The summed E-state index contributed by atoms with van der Waals surface area (Å²) >= 11 is 0. The average Bonchev–Trinajstić information content (AvgIpc) is 2.88. The van der Waals surface area contributed by atoms with Gasteiger partial charge in [-0.15, -0.1) is 0 Å². The highest BCUT2D eigenvalue weighted by molar-refractivity contribution is 5.83. The van der Waals surface area contributed by atoms with Gasteiger partial charge in [0.2, 0.25) is 5.91 Å². The van der Waals surface area contributed by atoms with Crippen LogP contribution in [0.5, 0.6) is 0 Å². The molecule has 0 bridgehead atoms. The van der Waals surface area contributed by atoms with Crippen LogP contribution >= 0.6 is 0 Å². The molecule has 2 N–H and O–H groups in total. The summed E-state index contributed by atoms with van der Waals surface area (Å²) in [6.45, 7) is 3.46. The van der Waals surface area contributed by atoms with Crippen molar-refractivity contribution in [1.82, 2.24) is 4.90 Å². The fraction of sp³-hybridized carbons (Fsp3) is 0.632. The van der Waals surface area contributed by atoms with Gasteiger partial charge in [0, 0.05) is 32.8 Å². The molecule has 1 aromatic carbocycles. The lowest BCUT2D eigenvalue weighted by Gasteiger charge is -2.38. The molecular weight excluding hydrogens is 288 g/mol. The van der Waals surface area contributed by atoms with Crippen LogP contribution in [0.3, 0.4) is 0 Å². The van der Waals surface area contributed by atoms with E-state index in [1.165, 1.54) is 5.56 Å². The zero-order chi connectivity index (χ0) is 16.1. The molecule has 2 fully saturated rings. The molecule has 2 aliphatic rings. The number of carbonyl (C=O) groups is 1. The lowest BCUT2D eigenvalue weighted by Crippen LogP contribution is -2.51. The highest BCUT2D eigenvalue weighted by Gasteiger charge is 2.41. The normalized spacial score (nSPS) is 24.9. The van der Waals surface area contributed by atoms with E-state index < -0.39 is 0 Å². The Morgan fingerprint density at radius 2 is 1.91 bits per heavy atom. The van der Waals surface area contributed by atoms with Gasteiger partial charge in [0.1, 0.15) is 0 Å². The van der Waals surface area contributed by atoms with E-state index in [1.807, 2.05) is 0 Å². The molecule has 2 heterocycles. The van der Waals surface area contributed by atoms with Gasteiger partial charge in [-0.2, -0.15) is 0 Å². The van der Waals surface area contributed by atoms with E-state index in [2.05, 4.69) is 35.2 Å². The Morgan fingerprint density at radius 1 is 1.17 bits per heavy atom. The second-order valence-corrected chi connectivity index (χ2v) is 6.93. The van der Waals surface area contributed by atoms with Crippen molar-refractivity contribution in [2.45, 2.75) is 38.0 Å².